The lowest BCUT2D eigenvalue weighted by atomic mass is 10.1. The number of nitrogens with one attached hydrogen (secondary N) is 1. The van der Waals surface area contributed by atoms with Gasteiger partial charge >= 0.3 is 0 Å². The van der Waals surface area contributed by atoms with Gasteiger partial charge in [0, 0.05) is 36.8 Å². The molecule has 1 unspecified atom stereocenters. The molecular weight excluding hydrogens is 250 g/mol. The van der Waals surface area contributed by atoms with E-state index in [1.54, 1.807) is 0 Å². The standard InChI is InChI=1S/C16H29N3O/c1-16(2,3)17-9-13-8-15(20-12-13)11-19-7-6-14(10-19)18(4)5/h8,12,14,17H,6-7,9-11H2,1-5H3. The first-order valence-electron chi connectivity index (χ1n) is 7.53. The molecule has 1 aliphatic heterocycles. The van der Waals surface area contributed by atoms with Crippen molar-refractivity contribution in [1.29, 1.82) is 0 Å². The van der Waals surface area contributed by atoms with E-state index in [1.165, 1.54) is 18.5 Å². The molecule has 1 aliphatic rings. The van der Waals surface area contributed by atoms with Gasteiger partial charge in [0.05, 0.1) is 12.8 Å². The summed E-state index contributed by atoms with van der Waals surface area (Å²) in [5.41, 5.74) is 1.38. The number of hydrogen-bond acceptors (Lipinski definition) is 4. The smallest absolute Gasteiger partial charge is 0.118 e. The maximum atomic E-state index is 5.69. The molecule has 0 aliphatic carbocycles. The van der Waals surface area contributed by atoms with Gasteiger partial charge in [0.25, 0.3) is 0 Å². The van der Waals surface area contributed by atoms with Crippen molar-refractivity contribution < 1.29 is 4.42 Å². The van der Waals surface area contributed by atoms with E-state index in [0.717, 1.165) is 25.4 Å². The molecule has 1 aromatic rings. The first-order chi connectivity index (χ1) is 9.33. The lowest BCUT2D eigenvalue weighted by Crippen LogP contribution is -2.34. The summed E-state index contributed by atoms with van der Waals surface area (Å²) in [5.74, 6) is 1.08. The fraction of sp³-hybridized carbons (Fsp3) is 0.750. The third kappa shape index (κ3) is 4.62. The van der Waals surface area contributed by atoms with E-state index < -0.39 is 0 Å². The molecule has 0 saturated carbocycles. The van der Waals surface area contributed by atoms with Crippen molar-refractivity contribution in [2.24, 2.45) is 0 Å². The highest BCUT2D eigenvalue weighted by Gasteiger charge is 2.24. The van der Waals surface area contributed by atoms with E-state index in [1.807, 2.05) is 6.26 Å². The minimum Gasteiger partial charge on any atom is -0.468 e. The van der Waals surface area contributed by atoms with E-state index >= 15 is 0 Å². The Labute approximate surface area is 123 Å². The molecule has 4 heteroatoms. The average molecular weight is 279 g/mol. The predicted octanol–water partition coefficient (Wildman–Crippen LogP) is 2.30. The monoisotopic (exact) mass is 279 g/mol. The molecular formula is C16H29N3O. The number of furan rings is 1. The minimum atomic E-state index is 0.144. The number of likely N-dealkylation sites (tertiary alicyclic amines) is 1. The molecule has 0 amide bonds. The number of hydrogen-bond donors (Lipinski definition) is 1. The minimum absolute atomic E-state index is 0.144. The summed E-state index contributed by atoms with van der Waals surface area (Å²) in [7, 11) is 4.33. The molecule has 20 heavy (non-hydrogen) atoms. The normalized spacial score (nSPS) is 21.0. The lowest BCUT2D eigenvalue weighted by molar-refractivity contribution is 0.252. The van der Waals surface area contributed by atoms with Crippen molar-refractivity contribution in [3.05, 3.63) is 23.7 Å². The van der Waals surface area contributed by atoms with Crippen LogP contribution in [0.5, 0.6) is 0 Å². The SMILES string of the molecule is CN(C)C1CCN(Cc2cc(CNC(C)(C)C)co2)C1. The van der Waals surface area contributed by atoms with Crippen molar-refractivity contribution >= 4 is 0 Å². The zero-order valence-electron chi connectivity index (χ0n) is 13.6. The molecule has 0 bridgehead atoms. The summed E-state index contributed by atoms with van der Waals surface area (Å²) in [5, 5.41) is 3.49. The Morgan fingerprint density at radius 2 is 2.15 bits per heavy atom. The fourth-order valence-corrected chi connectivity index (χ4v) is 2.57. The van der Waals surface area contributed by atoms with E-state index in [9.17, 15) is 0 Å². The highest BCUT2D eigenvalue weighted by molar-refractivity contribution is 5.13. The second-order valence-corrected chi connectivity index (χ2v) is 7.17. The topological polar surface area (TPSA) is 31.6 Å². The molecule has 2 rings (SSSR count). The summed E-state index contributed by atoms with van der Waals surface area (Å²) >= 11 is 0. The van der Waals surface area contributed by atoms with Crippen molar-refractivity contribution in [1.82, 2.24) is 15.1 Å². The van der Waals surface area contributed by atoms with Crippen LogP contribution in [0.2, 0.25) is 0 Å². The highest BCUT2D eigenvalue weighted by atomic mass is 16.3. The molecule has 0 spiro atoms. The molecule has 1 atom stereocenters. The second kappa shape index (κ2) is 6.29. The van der Waals surface area contributed by atoms with Crippen LogP contribution in [0.25, 0.3) is 0 Å². The van der Waals surface area contributed by atoms with E-state index in [2.05, 4.69) is 56.0 Å². The van der Waals surface area contributed by atoms with Crippen LogP contribution in [0.3, 0.4) is 0 Å². The van der Waals surface area contributed by atoms with Gasteiger partial charge in [-0.2, -0.15) is 0 Å². The Balaban J connectivity index is 1.81. The van der Waals surface area contributed by atoms with Crippen LogP contribution in [0.4, 0.5) is 0 Å². The Hall–Kier alpha value is -0.840. The van der Waals surface area contributed by atoms with Gasteiger partial charge in [-0.25, -0.2) is 0 Å². The van der Waals surface area contributed by atoms with Crippen LogP contribution < -0.4 is 5.32 Å². The Morgan fingerprint density at radius 3 is 2.75 bits per heavy atom. The molecule has 0 aromatic carbocycles. The second-order valence-electron chi connectivity index (χ2n) is 7.17. The third-order valence-electron chi connectivity index (χ3n) is 3.89. The molecule has 114 valence electrons. The molecule has 1 aromatic heterocycles. The number of rotatable bonds is 5. The van der Waals surface area contributed by atoms with E-state index in [4.69, 9.17) is 4.42 Å². The maximum absolute atomic E-state index is 5.69. The van der Waals surface area contributed by atoms with Crippen molar-refractivity contribution in [2.75, 3.05) is 27.2 Å². The van der Waals surface area contributed by atoms with Crippen LogP contribution in [-0.2, 0) is 13.1 Å². The van der Waals surface area contributed by atoms with Gasteiger partial charge in [-0.3, -0.25) is 4.90 Å². The fourth-order valence-electron chi connectivity index (χ4n) is 2.57. The van der Waals surface area contributed by atoms with Gasteiger partial charge in [-0.1, -0.05) is 0 Å². The molecule has 0 radical (unpaired) electrons. The Bertz CT molecular complexity index is 420. The predicted molar refractivity (Wildman–Crippen MR) is 82.7 cm³/mol. The Morgan fingerprint density at radius 1 is 1.40 bits per heavy atom. The zero-order valence-corrected chi connectivity index (χ0v) is 13.6. The summed E-state index contributed by atoms with van der Waals surface area (Å²) in [6.07, 6.45) is 3.14. The summed E-state index contributed by atoms with van der Waals surface area (Å²) in [6.45, 7) is 10.6. The first-order valence-corrected chi connectivity index (χ1v) is 7.53. The molecule has 1 N–H and O–H groups in total. The van der Waals surface area contributed by atoms with Crippen molar-refractivity contribution in [3.8, 4) is 0 Å². The lowest BCUT2D eigenvalue weighted by Gasteiger charge is -2.20. The van der Waals surface area contributed by atoms with Gasteiger partial charge in [0.2, 0.25) is 0 Å². The van der Waals surface area contributed by atoms with Crippen LogP contribution in [0.1, 0.15) is 38.5 Å². The maximum Gasteiger partial charge on any atom is 0.118 e. The average Bonchev–Trinajstić information content (AvgIpc) is 2.95. The molecule has 4 nitrogen and oxygen atoms in total. The quantitative estimate of drug-likeness (QED) is 0.896. The third-order valence-corrected chi connectivity index (χ3v) is 3.89. The van der Waals surface area contributed by atoms with Crippen molar-refractivity contribution in [2.45, 2.75) is 51.9 Å². The first kappa shape index (κ1) is 15.5. The largest absolute Gasteiger partial charge is 0.468 e. The van der Waals surface area contributed by atoms with Gasteiger partial charge < -0.3 is 14.6 Å². The van der Waals surface area contributed by atoms with E-state index in [0.29, 0.717) is 6.04 Å². The van der Waals surface area contributed by atoms with Gasteiger partial charge in [-0.05, 0) is 47.4 Å². The Kier molecular flexibility index (Phi) is 4.89. The van der Waals surface area contributed by atoms with E-state index in [-0.39, 0.29) is 5.54 Å². The number of nitrogens with zero attached hydrogens (tertiary/aromatic N) is 2. The molecule has 1 fully saturated rings. The van der Waals surface area contributed by atoms with Crippen LogP contribution >= 0.6 is 0 Å². The highest BCUT2D eigenvalue weighted by Crippen LogP contribution is 2.18. The van der Waals surface area contributed by atoms with Gasteiger partial charge in [0.1, 0.15) is 5.76 Å². The van der Waals surface area contributed by atoms with Crippen molar-refractivity contribution in [3.63, 3.8) is 0 Å². The zero-order chi connectivity index (χ0) is 14.8. The van der Waals surface area contributed by atoms with Crippen LogP contribution in [0, 0.1) is 0 Å². The summed E-state index contributed by atoms with van der Waals surface area (Å²) < 4.78 is 5.69. The number of likely N-dealkylation sites (N-methyl/N-ethyl adjacent to an activating group) is 1. The van der Waals surface area contributed by atoms with Gasteiger partial charge in [-0.15, -0.1) is 0 Å². The van der Waals surface area contributed by atoms with Gasteiger partial charge in [0.15, 0.2) is 0 Å². The molecule has 1 saturated heterocycles. The summed E-state index contributed by atoms with van der Waals surface area (Å²) in [4.78, 5) is 4.80. The van der Waals surface area contributed by atoms with Crippen LogP contribution in [0.15, 0.2) is 16.7 Å². The molecule has 2 heterocycles. The summed E-state index contributed by atoms with van der Waals surface area (Å²) in [6, 6.07) is 2.87. The van der Waals surface area contributed by atoms with Crippen LogP contribution in [-0.4, -0.2) is 48.6 Å².